The molecule has 1 fully saturated rings. The van der Waals surface area contributed by atoms with Gasteiger partial charge < -0.3 is 14.4 Å². The van der Waals surface area contributed by atoms with Crippen LogP contribution in [0.3, 0.4) is 0 Å². The van der Waals surface area contributed by atoms with Crippen LogP contribution in [0.5, 0.6) is 0 Å². The molecule has 3 heterocycles. The largest absolute Gasteiger partial charge is 0.341 e. The highest BCUT2D eigenvalue weighted by atomic mass is 16.2. The van der Waals surface area contributed by atoms with E-state index in [1.54, 1.807) is 12.1 Å². The molecule has 6 nitrogen and oxygen atoms in total. The number of nitriles is 1. The monoisotopic (exact) mass is 376 g/mol. The smallest absolute Gasteiger partial charge is 0.250 e. The third kappa shape index (κ3) is 3.34. The number of likely N-dealkylation sites (tertiary alicyclic amines) is 1. The number of carbonyl (C=O) groups excluding carboxylic acids is 1. The van der Waals surface area contributed by atoms with Gasteiger partial charge in [0.05, 0.1) is 18.2 Å². The normalized spacial score (nSPS) is 20.6. The molecule has 0 saturated carbocycles. The number of aromatic nitrogens is 1. The summed E-state index contributed by atoms with van der Waals surface area (Å²) in [6.45, 7) is 2.39. The van der Waals surface area contributed by atoms with Crippen molar-refractivity contribution in [1.82, 2.24) is 14.4 Å². The number of amides is 1. The van der Waals surface area contributed by atoms with Gasteiger partial charge in [0, 0.05) is 42.9 Å². The third-order valence-corrected chi connectivity index (χ3v) is 5.70. The van der Waals surface area contributed by atoms with E-state index in [0.29, 0.717) is 37.7 Å². The van der Waals surface area contributed by atoms with Gasteiger partial charge in [-0.05, 0) is 50.2 Å². The molecule has 2 aliphatic heterocycles. The van der Waals surface area contributed by atoms with Crippen molar-refractivity contribution in [3.63, 3.8) is 0 Å². The first-order chi connectivity index (χ1) is 13.5. The van der Waals surface area contributed by atoms with E-state index in [-0.39, 0.29) is 17.4 Å². The number of piperidine rings is 1. The van der Waals surface area contributed by atoms with Crippen molar-refractivity contribution in [2.45, 2.75) is 18.9 Å². The second kappa shape index (κ2) is 7.25. The Morgan fingerprint density at radius 1 is 1.21 bits per heavy atom. The lowest BCUT2D eigenvalue weighted by Gasteiger charge is -2.43. The van der Waals surface area contributed by atoms with Gasteiger partial charge in [0.25, 0.3) is 5.56 Å². The average Bonchev–Trinajstić information content (AvgIpc) is 2.68. The van der Waals surface area contributed by atoms with E-state index in [1.807, 2.05) is 52.7 Å². The summed E-state index contributed by atoms with van der Waals surface area (Å²) < 4.78 is 1.89. The van der Waals surface area contributed by atoms with E-state index in [2.05, 4.69) is 6.07 Å². The van der Waals surface area contributed by atoms with Crippen LogP contribution >= 0.6 is 0 Å². The number of fused-ring (bicyclic) bond motifs is 4. The number of hydrogen-bond donors (Lipinski definition) is 0. The lowest BCUT2D eigenvalue weighted by molar-refractivity contribution is -0.134. The van der Waals surface area contributed by atoms with Gasteiger partial charge in [0.1, 0.15) is 0 Å². The lowest BCUT2D eigenvalue weighted by Crippen LogP contribution is -2.51. The standard InChI is InChI=1S/C22H24N4O2/c1-24(2)14-21(28)25-11-16-9-18(13-25)22-19(6-7-20(27)26(22)12-16)17-5-3-4-15(8-17)10-23/h3-8,16,18H,9,11-14H2,1-2H3. The van der Waals surface area contributed by atoms with E-state index in [4.69, 9.17) is 0 Å². The lowest BCUT2D eigenvalue weighted by atomic mass is 9.80. The van der Waals surface area contributed by atoms with Gasteiger partial charge in [-0.15, -0.1) is 0 Å². The van der Waals surface area contributed by atoms with Crippen LogP contribution in [0.1, 0.15) is 23.6 Å². The minimum absolute atomic E-state index is 0.0120. The van der Waals surface area contributed by atoms with Crippen molar-refractivity contribution in [3.8, 4) is 17.2 Å². The van der Waals surface area contributed by atoms with Gasteiger partial charge in [-0.1, -0.05) is 12.1 Å². The summed E-state index contributed by atoms with van der Waals surface area (Å²) in [5.41, 5.74) is 3.54. The molecular weight excluding hydrogens is 352 g/mol. The Morgan fingerprint density at radius 3 is 2.79 bits per heavy atom. The van der Waals surface area contributed by atoms with Crippen molar-refractivity contribution in [1.29, 1.82) is 5.26 Å². The number of likely N-dealkylation sites (N-methyl/N-ethyl adjacent to an activating group) is 1. The molecule has 1 amide bonds. The topological polar surface area (TPSA) is 69.3 Å². The van der Waals surface area contributed by atoms with Gasteiger partial charge in [-0.3, -0.25) is 9.59 Å². The Kier molecular flexibility index (Phi) is 4.78. The molecule has 2 aliphatic rings. The molecule has 0 N–H and O–H groups in total. The maximum absolute atomic E-state index is 12.6. The second-order valence-corrected chi connectivity index (χ2v) is 8.11. The average molecular weight is 376 g/mol. The Morgan fingerprint density at radius 2 is 2.04 bits per heavy atom. The Labute approximate surface area is 164 Å². The fourth-order valence-corrected chi connectivity index (χ4v) is 4.59. The minimum atomic E-state index is 0.0120. The summed E-state index contributed by atoms with van der Waals surface area (Å²) in [4.78, 5) is 29.1. The predicted molar refractivity (Wildman–Crippen MR) is 107 cm³/mol. The summed E-state index contributed by atoms with van der Waals surface area (Å²) >= 11 is 0. The van der Waals surface area contributed by atoms with Gasteiger partial charge >= 0.3 is 0 Å². The molecule has 1 aromatic carbocycles. The third-order valence-electron chi connectivity index (χ3n) is 5.70. The first kappa shape index (κ1) is 18.5. The summed E-state index contributed by atoms with van der Waals surface area (Å²) in [7, 11) is 3.80. The molecule has 0 radical (unpaired) electrons. The highest BCUT2D eigenvalue weighted by Crippen LogP contribution is 2.40. The van der Waals surface area contributed by atoms with Crippen LogP contribution in [-0.4, -0.2) is 54.0 Å². The number of benzene rings is 1. The quantitative estimate of drug-likeness (QED) is 0.820. The van der Waals surface area contributed by atoms with Crippen LogP contribution in [-0.2, 0) is 11.3 Å². The molecule has 2 atom stereocenters. The Bertz CT molecular complexity index is 1020. The SMILES string of the molecule is CN(C)CC(=O)N1CC2CC(C1)c1c(-c3cccc(C#N)c3)ccc(=O)n1C2. The van der Waals surface area contributed by atoms with E-state index < -0.39 is 0 Å². The molecule has 2 unspecified atom stereocenters. The van der Waals surface area contributed by atoms with Gasteiger partial charge in [-0.2, -0.15) is 5.26 Å². The number of hydrogen-bond acceptors (Lipinski definition) is 4. The van der Waals surface area contributed by atoms with Gasteiger partial charge in [-0.25, -0.2) is 0 Å². The summed E-state index contributed by atoms with van der Waals surface area (Å²) in [6, 6.07) is 13.2. The highest BCUT2D eigenvalue weighted by Gasteiger charge is 2.37. The maximum atomic E-state index is 12.6. The zero-order valence-electron chi connectivity index (χ0n) is 16.3. The van der Waals surface area contributed by atoms with Crippen molar-refractivity contribution < 1.29 is 4.79 Å². The van der Waals surface area contributed by atoms with Crippen LogP contribution < -0.4 is 5.56 Å². The predicted octanol–water partition coefficient (Wildman–Crippen LogP) is 1.89. The number of nitrogens with zero attached hydrogens (tertiary/aromatic N) is 4. The Hall–Kier alpha value is -2.91. The van der Waals surface area contributed by atoms with Crippen LogP contribution in [0, 0.1) is 17.2 Å². The zero-order chi connectivity index (χ0) is 19.8. The Balaban J connectivity index is 1.76. The van der Waals surface area contributed by atoms with Crippen molar-refractivity contribution >= 4 is 5.91 Å². The first-order valence-electron chi connectivity index (χ1n) is 9.63. The van der Waals surface area contributed by atoms with E-state index in [0.717, 1.165) is 23.2 Å². The minimum Gasteiger partial charge on any atom is -0.341 e. The summed E-state index contributed by atoms with van der Waals surface area (Å²) in [6.07, 6.45) is 0.986. The molecule has 28 heavy (non-hydrogen) atoms. The fraction of sp³-hybridized carbons (Fsp3) is 0.409. The van der Waals surface area contributed by atoms with Crippen molar-refractivity contribution in [2.75, 3.05) is 33.7 Å². The zero-order valence-corrected chi connectivity index (χ0v) is 16.3. The van der Waals surface area contributed by atoms with Crippen LogP contribution in [0.4, 0.5) is 0 Å². The molecule has 4 rings (SSSR count). The maximum Gasteiger partial charge on any atom is 0.250 e. The first-order valence-corrected chi connectivity index (χ1v) is 9.63. The molecular formula is C22H24N4O2. The molecule has 6 heteroatoms. The number of rotatable bonds is 3. The van der Waals surface area contributed by atoms with Crippen LogP contribution in [0.2, 0.25) is 0 Å². The molecule has 1 saturated heterocycles. The van der Waals surface area contributed by atoms with Gasteiger partial charge in [0.2, 0.25) is 5.91 Å². The van der Waals surface area contributed by atoms with E-state index in [1.165, 1.54) is 0 Å². The molecule has 0 aliphatic carbocycles. The highest BCUT2D eigenvalue weighted by molar-refractivity contribution is 5.78. The van der Waals surface area contributed by atoms with E-state index >= 15 is 0 Å². The number of carbonyl (C=O) groups is 1. The molecule has 2 aromatic rings. The summed E-state index contributed by atoms with van der Waals surface area (Å²) in [5.74, 6) is 0.573. The second-order valence-electron chi connectivity index (χ2n) is 8.11. The van der Waals surface area contributed by atoms with Crippen molar-refractivity contribution in [3.05, 3.63) is 58.0 Å². The fourth-order valence-electron chi connectivity index (χ4n) is 4.59. The number of pyridine rings is 1. The van der Waals surface area contributed by atoms with Crippen molar-refractivity contribution in [2.24, 2.45) is 5.92 Å². The molecule has 144 valence electrons. The van der Waals surface area contributed by atoms with E-state index in [9.17, 15) is 14.9 Å². The summed E-state index contributed by atoms with van der Waals surface area (Å²) in [5, 5.41) is 9.25. The van der Waals surface area contributed by atoms with Crippen LogP contribution in [0.25, 0.3) is 11.1 Å². The van der Waals surface area contributed by atoms with Gasteiger partial charge in [0.15, 0.2) is 0 Å². The molecule has 2 bridgehead atoms. The molecule has 1 aromatic heterocycles. The molecule has 0 spiro atoms. The van der Waals surface area contributed by atoms with Crippen LogP contribution in [0.15, 0.2) is 41.2 Å².